The Hall–Kier alpha value is -4.42. The molecule has 0 bridgehead atoms. The zero-order chi connectivity index (χ0) is 22.5. The smallest absolute Gasteiger partial charge is 0.00259 e. The summed E-state index contributed by atoms with van der Waals surface area (Å²) < 4.78 is 0. The van der Waals surface area contributed by atoms with Crippen molar-refractivity contribution in [3.8, 4) is 55.6 Å². The summed E-state index contributed by atoms with van der Waals surface area (Å²) >= 11 is 0. The molecule has 0 spiro atoms. The molecular formula is C34H22. The van der Waals surface area contributed by atoms with Gasteiger partial charge in [0.1, 0.15) is 0 Å². The Bertz CT molecular complexity index is 1620. The van der Waals surface area contributed by atoms with Gasteiger partial charge >= 0.3 is 0 Å². The first-order valence-corrected chi connectivity index (χ1v) is 11.8. The second-order valence-electron chi connectivity index (χ2n) is 9.00. The second-order valence-corrected chi connectivity index (χ2v) is 9.00. The third-order valence-corrected chi connectivity index (χ3v) is 6.96. The second kappa shape index (κ2) is 7.57. The number of fused-ring (bicyclic) bond motifs is 3. The average molecular weight is 431 g/mol. The molecule has 0 aliphatic heterocycles. The third-order valence-electron chi connectivity index (χ3n) is 6.96. The normalized spacial score (nSPS) is 11.5. The molecule has 0 nitrogen and oxygen atoms in total. The summed E-state index contributed by atoms with van der Waals surface area (Å²) in [6.45, 7) is 0. The van der Waals surface area contributed by atoms with E-state index in [0.717, 1.165) is 0 Å². The van der Waals surface area contributed by atoms with Crippen LogP contribution in [0, 0.1) is 0 Å². The molecule has 7 rings (SSSR count). The first kappa shape index (κ1) is 19.1. The summed E-state index contributed by atoms with van der Waals surface area (Å²) in [6, 6.07) is 48.5. The van der Waals surface area contributed by atoms with Crippen LogP contribution in [-0.4, -0.2) is 0 Å². The quantitative estimate of drug-likeness (QED) is 0.262. The van der Waals surface area contributed by atoms with Gasteiger partial charge in [-0.3, -0.25) is 0 Å². The molecule has 0 unspecified atom stereocenters. The van der Waals surface area contributed by atoms with Crippen LogP contribution in [0.1, 0.15) is 0 Å². The van der Waals surface area contributed by atoms with Crippen LogP contribution in [0.2, 0.25) is 0 Å². The van der Waals surface area contributed by atoms with E-state index in [9.17, 15) is 0 Å². The van der Waals surface area contributed by atoms with Crippen LogP contribution in [0.15, 0.2) is 133 Å². The molecule has 1 aliphatic rings. The van der Waals surface area contributed by atoms with E-state index in [1.807, 2.05) is 0 Å². The molecule has 0 saturated heterocycles. The molecule has 1 aliphatic carbocycles. The van der Waals surface area contributed by atoms with E-state index in [0.29, 0.717) is 0 Å². The molecule has 0 heteroatoms. The molecule has 34 heavy (non-hydrogen) atoms. The Balaban J connectivity index is 1.49. The number of benzene rings is 6. The van der Waals surface area contributed by atoms with Crippen LogP contribution in [-0.2, 0) is 0 Å². The van der Waals surface area contributed by atoms with E-state index < -0.39 is 0 Å². The lowest BCUT2D eigenvalue weighted by atomic mass is 9.91. The van der Waals surface area contributed by atoms with Crippen molar-refractivity contribution in [3.05, 3.63) is 133 Å². The van der Waals surface area contributed by atoms with Gasteiger partial charge in [0.05, 0.1) is 0 Å². The monoisotopic (exact) mass is 430 g/mol. The molecule has 0 aromatic heterocycles. The number of rotatable bonds is 3. The lowest BCUT2D eigenvalue weighted by Crippen LogP contribution is -1.87. The molecule has 6 aromatic rings. The highest BCUT2D eigenvalue weighted by atomic mass is 14.2. The fraction of sp³-hybridized carbons (Fsp3) is 0. The van der Waals surface area contributed by atoms with Crippen LogP contribution in [0.3, 0.4) is 0 Å². The van der Waals surface area contributed by atoms with Gasteiger partial charge in [-0.1, -0.05) is 103 Å². The lowest BCUT2D eigenvalue weighted by Gasteiger charge is -2.13. The SMILES string of the molecule is c1ccc(-c2cc(-c3ccccc3)cc(-c3cc4c5c(cccc5c3)-c3ccccc3-4)c2)cc1. The van der Waals surface area contributed by atoms with Crippen molar-refractivity contribution in [2.45, 2.75) is 0 Å². The summed E-state index contributed by atoms with van der Waals surface area (Å²) in [5, 5.41) is 2.67. The summed E-state index contributed by atoms with van der Waals surface area (Å²) in [6.07, 6.45) is 0. The van der Waals surface area contributed by atoms with Crippen molar-refractivity contribution < 1.29 is 0 Å². The highest BCUT2D eigenvalue weighted by Crippen LogP contribution is 2.48. The Morgan fingerprint density at radius 2 is 0.735 bits per heavy atom. The van der Waals surface area contributed by atoms with Crippen LogP contribution < -0.4 is 0 Å². The maximum absolute atomic E-state index is 2.39. The zero-order valence-electron chi connectivity index (χ0n) is 18.7. The van der Waals surface area contributed by atoms with Crippen molar-refractivity contribution in [1.29, 1.82) is 0 Å². The predicted octanol–water partition coefficient (Wildman–Crippen LogP) is 9.49. The van der Waals surface area contributed by atoms with Crippen LogP contribution >= 0.6 is 0 Å². The highest BCUT2D eigenvalue weighted by molar-refractivity contribution is 6.16. The molecule has 0 fully saturated rings. The van der Waals surface area contributed by atoms with E-state index in [2.05, 4.69) is 133 Å². The van der Waals surface area contributed by atoms with Crippen molar-refractivity contribution in [2.24, 2.45) is 0 Å². The molecule has 6 aromatic carbocycles. The molecule has 0 atom stereocenters. The molecule has 0 radical (unpaired) electrons. The number of hydrogen-bond acceptors (Lipinski definition) is 0. The summed E-state index contributed by atoms with van der Waals surface area (Å²) in [4.78, 5) is 0. The van der Waals surface area contributed by atoms with Crippen molar-refractivity contribution in [2.75, 3.05) is 0 Å². The lowest BCUT2D eigenvalue weighted by molar-refractivity contribution is 1.57. The summed E-state index contributed by atoms with van der Waals surface area (Å²) in [5.41, 5.74) is 12.8. The Kier molecular flexibility index (Phi) is 4.25. The predicted molar refractivity (Wildman–Crippen MR) is 145 cm³/mol. The van der Waals surface area contributed by atoms with Gasteiger partial charge < -0.3 is 0 Å². The number of hydrogen-bond donors (Lipinski definition) is 0. The van der Waals surface area contributed by atoms with Gasteiger partial charge in [-0.05, 0) is 96.7 Å². The van der Waals surface area contributed by atoms with Crippen LogP contribution in [0.5, 0.6) is 0 Å². The maximum atomic E-state index is 2.39. The van der Waals surface area contributed by atoms with Crippen LogP contribution in [0.25, 0.3) is 66.4 Å². The van der Waals surface area contributed by atoms with Gasteiger partial charge in [-0.15, -0.1) is 0 Å². The van der Waals surface area contributed by atoms with Crippen molar-refractivity contribution >= 4 is 10.8 Å². The average Bonchev–Trinajstić information content (AvgIpc) is 3.24. The van der Waals surface area contributed by atoms with Crippen molar-refractivity contribution in [3.63, 3.8) is 0 Å². The zero-order valence-corrected chi connectivity index (χ0v) is 18.7. The standard InChI is InChI=1S/C34H22/c1-3-10-23(11-4-1)26-19-27(24-12-5-2-6-13-24)21-28(20-26)29-18-25-14-9-17-32-30-15-7-8-16-31(30)33(22-29)34(25)32/h1-22H. The Morgan fingerprint density at radius 3 is 1.35 bits per heavy atom. The first-order chi connectivity index (χ1) is 16.8. The van der Waals surface area contributed by atoms with E-state index in [4.69, 9.17) is 0 Å². The van der Waals surface area contributed by atoms with Gasteiger partial charge in [0.15, 0.2) is 0 Å². The van der Waals surface area contributed by atoms with E-state index in [1.54, 1.807) is 0 Å². The van der Waals surface area contributed by atoms with Crippen LogP contribution in [0.4, 0.5) is 0 Å². The summed E-state index contributed by atoms with van der Waals surface area (Å²) in [7, 11) is 0. The minimum absolute atomic E-state index is 1.24. The minimum Gasteiger partial charge on any atom is -0.0622 e. The molecule has 0 amide bonds. The van der Waals surface area contributed by atoms with Gasteiger partial charge in [0.25, 0.3) is 0 Å². The fourth-order valence-corrected chi connectivity index (χ4v) is 5.37. The topological polar surface area (TPSA) is 0 Å². The van der Waals surface area contributed by atoms with Gasteiger partial charge in [0, 0.05) is 0 Å². The highest BCUT2D eigenvalue weighted by Gasteiger charge is 2.21. The van der Waals surface area contributed by atoms with E-state index in [1.165, 1.54) is 66.4 Å². The third kappa shape index (κ3) is 3.00. The molecule has 0 heterocycles. The largest absolute Gasteiger partial charge is 0.0622 e. The van der Waals surface area contributed by atoms with Gasteiger partial charge in [0.2, 0.25) is 0 Å². The maximum Gasteiger partial charge on any atom is -0.00259 e. The van der Waals surface area contributed by atoms with Gasteiger partial charge in [-0.2, -0.15) is 0 Å². The molecule has 0 N–H and O–H groups in total. The fourth-order valence-electron chi connectivity index (χ4n) is 5.37. The minimum atomic E-state index is 1.24. The molecule has 158 valence electrons. The van der Waals surface area contributed by atoms with E-state index >= 15 is 0 Å². The van der Waals surface area contributed by atoms with Crippen molar-refractivity contribution in [1.82, 2.24) is 0 Å². The first-order valence-electron chi connectivity index (χ1n) is 11.8. The molecule has 0 saturated carbocycles. The molecular weight excluding hydrogens is 408 g/mol. The Morgan fingerprint density at radius 1 is 0.265 bits per heavy atom. The summed E-state index contributed by atoms with van der Waals surface area (Å²) in [5.74, 6) is 0. The Labute approximate surface area is 199 Å². The van der Waals surface area contributed by atoms with Gasteiger partial charge in [-0.25, -0.2) is 0 Å². The van der Waals surface area contributed by atoms with E-state index in [-0.39, 0.29) is 0 Å².